The first kappa shape index (κ1) is 22.8. The summed E-state index contributed by atoms with van der Waals surface area (Å²) in [5.41, 5.74) is -0.939. The molecule has 0 bridgehead atoms. The number of aromatic nitrogens is 2. The van der Waals surface area contributed by atoms with E-state index in [1.54, 1.807) is 18.2 Å². The van der Waals surface area contributed by atoms with Crippen molar-refractivity contribution in [3.63, 3.8) is 0 Å². The van der Waals surface area contributed by atoms with E-state index in [1.807, 2.05) is 13.8 Å². The van der Waals surface area contributed by atoms with Gasteiger partial charge in [-0.05, 0) is 12.0 Å². The van der Waals surface area contributed by atoms with Gasteiger partial charge < -0.3 is 19.7 Å². The number of H-pyrrole nitrogens is 1. The number of nitro groups is 1. The fraction of sp³-hybridized carbons (Fsp3) is 0.500. The molecule has 1 aliphatic heterocycles. The Hall–Kier alpha value is -2.86. The van der Waals surface area contributed by atoms with Crippen LogP contribution in [0.1, 0.15) is 43.7 Å². The molecule has 1 aromatic heterocycles. The number of aliphatic hydroxyl groups is 2. The molecule has 4 atom stereocenters. The molecular weight excluding hydrogens is 410 g/mol. The minimum absolute atomic E-state index is 0.0717. The number of nitro benzene ring substituents is 1. The maximum atomic E-state index is 12.3. The molecule has 1 fully saturated rings. The third-order valence-electron chi connectivity index (χ3n) is 5.20. The van der Waals surface area contributed by atoms with Gasteiger partial charge in [-0.15, -0.1) is 0 Å². The second-order valence-electron chi connectivity index (χ2n) is 7.73. The molecule has 0 amide bonds. The summed E-state index contributed by atoms with van der Waals surface area (Å²) in [4.78, 5) is 37.6. The Balaban J connectivity index is 1.86. The van der Waals surface area contributed by atoms with E-state index >= 15 is 0 Å². The van der Waals surface area contributed by atoms with Crippen LogP contribution in [0, 0.1) is 16.0 Å². The molecule has 3 rings (SSSR count). The largest absolute Gasteiger partial charge is 0.394 e. The van der Waals surface area contributed by atoms with Crippen molar-refractivity contribution in [3.8, 4) is 0 Å². The second-order valence-corrected chi connectivity index (χ2v) is 7.73. The maximum absolute atomic E-state index is 12.3. The molecule has 2 aromatic rings. The number of nitrogens with one attached hydrogen (secondary N) is 1. The average Bonchev–Trinajstić information content (AvgIpc) is 3.10. The monoisotopic (exact) mass is 435 g/mol. The van der Waals surface area contributed by atoms with E-state index < -0.39 is 47.3 Å². The van der Waals surface area contributed by atoms with E-state index in [4.69, 9.17) is 9.47 Å². The van der Waals surface area contributed by atoms with Crippen LogP contribution in [0.2, 0.25) is 0 Å². The smallest absolute Gasteiger partial charge is 0.330 e. The third-order valence-corrected chi connectivity index (χ3v) is 5.20. The molecule has 2 heterocycles. The summed E-state index contributed by atoms with van der Waals surface area (Å²) < 4.78 is 12.5. The predicted octanol–water partition coefficient (Wildman–Crippen LogP) is 0.999. The molecule has 0 radical (unpaired) electrons. The SMILES string of the molecule is CC(C)[C@H](OCc1cn([C@H]2CC(O)[C@@H](CO)O2)c(=O)[nH]c1=O)c1ccccc1[N+](=O)[O-]. The molecule has 1 unspecified atom stereocenters. The molecule has 11 heteroatoms. The van der Waals surface area contributed by atoms with Gasteiger partial charge in [0.1, 0.15) is 12.3 Å². The highest BCUT2D eigenvalue weighted by atomic mass is 16.6. The minimum Gasteiger partial charge on any atom is -0.394 e. The Morgan fingerprint density at radius 2 is 2.06 bits per heavy atom. The molecule has 1 aromatic carbocycles. The number of ether oxygens (including phenoxy) is 2. The molecule has 0 saturated carbocycles. The van der Waals surface area contributed by atoms with E-state index in [2.05, 4.69) is 4.98 Å². The first-order chi connectivity index (χ1) is 14.7. The number of rotatable bonds is 8. The van der Waals surface area contributed by atoms with Gasteiger partial charge in [0.05, 0.1) is 41.5 Å². The van der Waals surface area contributed by atoms with E-state index in [0.29, 0.717) is 5.56 Å². The molecule has 3 N–H and O–H groups in total. The fourth-order valence-corrected chi connectivity index (χ4v) is 3.61. The topological polar surface area (TPSA) is 157 Å². The van der Waals surface area contributed by atoms with Crippen molar-refractivity contribution in [2.24, 2.45) is 5.92 Å². The van der Waals surface area contributed by atoms with E-state index in [9.17, 15) is 29.9 Å². The maximum Gasteiger partial charge on any atom is 0.330 e. The number of aliphatic hydroxyl groups excluding tert-OH is 2. The van der Waals surface area contributed by atoms with Crippen LogP contribution >= 0.6 is 0 Å². The van der Waals surface area contributed by atoms with Crippen LogP contribution in [0.3, 0.4) is 0 Å². The van der Waals surface area contributed by atoms with Crippen molar-refractivity contribution >= 4 is 5.69 Å². The molecule has 168 valence electrons. The Kier molecular flexibility index (Phi) is 7.01. The number of para-hydroxylation sites is 1. The van der Waals surface area contributed by atoms with Gasteiger partial charge in [0.2, 0.25) is 0 Å². The standard InChI is InChI=1S/C20H25N3O8/c1-11(2)18(13-5-3-4-6-14(13)23(28)29)30-10-12-8-22(20(27)21-19(12)26)17-7-15(25)16(9-24)31-17/h3-6,8,11,15-18,24-25H,7,9-10H2,1-2H3,(H,21,26,27)/t15?,16-,17-,18+/m1/s1. The lowest BCUT2D eigenvalue weighted by atomic mass is 9.97. The van der Waals surface area contributed by atoms with Crippen molar-refractivity contribution in [1.82, 2.24) is 9.55 Å². The Morgan fingerprint density at radius 1 is 1.35 bits per heavy atom. The first-order valence-electron chi connectivity index (χ1n) is 9.86. The molecule has 1 saturated heterocycles. The lowest BCUT2D eigenvalue weighted by molar-refractivity contribution is -0.386. The highest BCUT2D eigenvalue weighted by Gasteiger charge is 2.35. The Bertz CT molecular complexity index is 1050. The summed E-state index contributed by atoms with van der Waals surface area (Å²) >= 11 is 0. The first-order valence-corrected chi connectivity index (χ1v) is 9.86. The van der Waals surface area contributed by atoms with Gasteiger partial charge in [0.25, 0.3) is 11.2 Å². The van der Waals surface area contributed by atoms with Crippen molar-refractivity contribution < 1.29 is 24.6 Å². The predicted molar refractivity (Wildman–Crippen MR) is 108 cm³/mol. The number of benzene rings is 1. The molecule has 0 spiro atoms. The van der Waals surface area contributed by atoms with Crippen molar-refractivity contribution in [3.05, 3.63) is 72.5 Å². The summed E-state index contributed by atoms with van der Waals surface area (Å²) in [5, 5.41) is 30.5. The zero-order chi connectivity index (χ0) is 22.7. The molecule has 31 heavy (non-hydrogen) atoms. The van der Waals surface area contributed by atoms with Gasteiger partial charge in [-0.2, -0.15) is 0 Å². The van der Waals surface area contributed by atoms with Gasteiger partial charge >= 0.3 is 5.69 Å². The molecule has 0 aliphatic carbocycles. The number of nitrogens with zero attached hydrogens (tertiary/aromatic N) is 2. The second kappa shape index (κ2) is 9.52. The number of hydrogen-bond acceptors (Lipinski definition) is 8. The van der Waals surface area contributed by atoms with E-state index in [-0.39, 0.29) is 30.2 Å². The normalized spacial score (nSPS) is 22.0. The number of hydrogen-bond donors (Lipinski definition) is 3. The van der Waals surface area contributed by atoms with Crippen LogP contribution in [-0.4, -0.2) is 43.5 Å². The Morgan fingerprint density at radius 3 is 2.68 bits per heavy atom. The average molecular weight is 435 g/mol. The molecule has 1 aliphatic rings. The van der Waals surface area contributed by atoms with Gasteiger partial charge in [0, 0.05) is 18.7 Å². The van der Waals surface area contributed by atoms with Crippen LogP contribution in [0.5, 0.6) is 0 Å². The lowest BCUT2D eigenvalue weighted by Gasteiger charge is -2.22. The molecular formula is C20H25N3O8. The van der Waals surface area contributed by atoms with Gasteiger partial charge in [0.15, 0.2) is 0 Å². The van der Waals surface area contributed by atoms with Crippen molar-refractivity contribution in [2.75, 3.05) is 6.61 Å². The van der Waals surface area contributed by atoms with Crippen molar-refractivity contribution in [2.45, 2.75) is 51.4 Å². The van der Waals surface area contributed by atoms with Gasteiger partial charge in [-0.1, -0.05) is 26.0 Å². The summed E-state index contributed by atoms with van der Waals surface area (Å²) in [5.74, 6) is -0.135. The highest BCUT2D eigenvalue weighted by molar-refractivity contribution is 5.41. The summed E-state index contributed by atoms with van der Waals surface area (Å²) in [6, 6.07) is 6.24. The summed E-state index contributed by atoms with van der Waals surface area (Å²) in [7, 11) is 0. The zero-order valence-corrected chi connectivity index (χ0v) is 17.1. The van der Waals surface area contributed by atoms with E-state index in [0.717, 1.165) is 4.57 Å². The van der Waals surface area contributed by atoms with Gasteiger partial charge in [-0.25, -0.2) is 4.79 Å². The van der Waals surface area contributed by atoms with Crippen LogP contribution in [-0.2, 0) is 16.1 Å². The van der Waals surface area contributed by atoms with Crippen LogP contribution in [0.15, 0.2) is 40.1 Å². The number of aromatic amines is 1. The summed E-state index contributed by atoms with van der Waals surface area (Å²) in [6.45, 7) is 3.07. The van der Waals surface area contributed by atoms with Gasteiger partial charge in [-0.3, -0.25) is 24.5 Å². The third kappa shape index (κ3) is 4.90. The lowest BCUT2D eigenvalue weighted by Crippen LogP contribution is -2.34. The van der Waals surface area contributed by atoms with Crippen molar-refractivity contribution in [1.29, 1.82) is 0 Å². The molecule has 11 nitrogen and oxygen atoms in total. The van der Waals surface area contributed by atoms with E-state index in [1.165, 1.54) is 12.3 Å². The van der Waals surface area contributed by atoms with Crippen LogP contribution < -0.4 is 11.2 Å². The quantitative estimate of drug-likeness (QED) is 0.409. The summed E-state index contributed by atoms with van der Waals surface area (Å²) in [6.07, 6.45) is -1.93. The Labute approximate surface area is 177 Å². The minimum atomic E-state index is -0.947. The van der Waals surface area contributed by atoms with Crippen LogP contribution in [0.25, 0.3) is 0 Å². The fourth-order valence-electron chi connectivity index (χ4n) is 3.61. The highest BCUT2D eigenvalue weighted by Crippen LogP contribution is 2.33. The van der Waals surface area contributed by atoms with Crippen LogP contribution in [0.4, 0.5) is 5.69 Å². The zero-order valence-electron chi connectivity index (χ0n) is 17.1.